The van der Waals surface area contributed by atoms with E-state index in [0.29, 0.717) is 0 Å². The molecule has 0 saturated carbocycles. The Kier molecular flexibility index (Phi) is 4.41. The highest BCUT2D eigenvalue weighted by atomic mass is 19.4. The zero-order chi connectivity index (χ0) is 16.5. The van der Waals surface area contributed by atoms with Gasteiger partial charge in [0.1, 0.15) is 6.54 Å². The second-order valence-corrected chi connectivity index (χ2v) is 5.04. The number of benzene rings is 1. The van der Waals surface area contributed by atoms with Crippen LogP contribution in [0.4, 0.5) is 13.2 Å². The molecule has 120 valence electrons. The summed E-state index contributed by atoms with van der Waals surface area (Å²) in [4.78, 5) is 16.9. The molecule has 1 N–H and O–H groups in total. The van der Waals surface area contributed by atoms with Gasteiger partial charge in [0.2, 0.25) is 11.7 Å². The third kappa shape index (κ3) is 3.06. The first kappa shape index (κ1) is 16.3. The third-order valence-electron chi connectivity index (χ3n) is 3.52. The van der Waals surface area contributed by atoms with Crippen molar-refractivity contribution in [3.05, 3.63) is 30.1 Å². The van der Waals surface area contributed by atoms with Crippen LogP contribution >= 0.6 is 0 Å². The van der Waals surface area contributed by atoms with Crippen molar-refractivity contribution in [3.8, 4) is 0 Å². The van der Waals surface area contributed by atoms with Gasteiger partial charge in [0, 0.05) is 7.05 Å². The summed E-state index contributed by atoms with van der Waals surface area (Å²) in [6, 6.07) is 5.65. The van der Waals surface area contributed by atoms with Gasteiger partial charge in [0.25, 0.3) is 0 Å². The molecular weight excluding hydrogens is 299 g/mol. The lowest BCUT2D eigenvalue weighted by atomic mass is 10.3. The fraction of sp³-hybridized carbons (Fsp3) is 0.429. The van der Waals surface area contributed by atoms with E-state index in [1.165, 1.54) is 24.1 Å². The molecule has 0 bridgehead atoms. The molecule has 0 spiro atoms. The lowest BCUT2D eigenvalue weighted by molar-refractivity contribution is -0.148. The van der Waals surface area contributed by atoms with Gasteiger partial charge in [-0.25, -0.2) is 4.98 Å². The second-order valence-electron chi connectivity index (χ2n) is 5.04. The predicted molar refractivity (Wildman–Crippen MR) is 74.1 cm³/mol. The van der Waals surface area contributed by atoms with Crippen LogP contribution in [0.3, 0.4) is 0 Å². The van der Waals surface area contributed by atoms with Crippen LogP contribution in [0.2, 0.25) is 0 Å². The van der Waals surface area contributed by atoms with Crippen molar-refractivity contribution in [2.24, 2.45) is 0 Å². The normalized spacial score (nSPS) is 13.4. The van der Waals surface area contributed by atoms with E-state index in [1.807, 2.05) is 0 Å². The van der Waals surface area contributed by atoms with E-state index in [2.05, 4.69) is 4.98 Å². The molecule has 0 fully saturated rings. The molecule has 0 aliphatic rings. The van der Waals surface area contributed by atoms with Crippen LogP contribution in [0.1, 0.15) is 12.7 Å². The summed E-state index contributed by atoms with van der Waals surface area (Å²) in [5.74, 6) is -1.64. The maximum Gasteiger partial charge on any atom is 0.449 e. The molecule has 1 atom stereocenters. The summed E-state index contributed by atoms with van der Waals surface area (Å²) in [7, 11) is 1.44. The number of aliphatic hydroxyl groups excluding tert-OH is 1. The van der Waals surface area contributed by atoms with Crippen LogP contribution in [0.25, 0.3) is 11.0 Å². The molecular formula is C14H16F3N3O2. The van der Waals surface area contributed by atoms with E-state index >= 15 is 0 Å². The van der Waals surface area contributed by atoms with E-state index in [-0.39, 0.29) is 17.6 Å². The Bertz CT molecular complexity index is 682. The highest BCUT2D eigenvalue weighted by Crippen LogP contribution is 2.31. The number of para-hydroxylation sites is 2. The average molecular weight is 315 g/mol. The Morgan fingerprint density at radius 1 is 1.41 bits per heavy atom. The molecule has 1 heterocycles. The number of carbonyl (C=O) groups excluding carboxylic acids is 1. The second kappa shape index (κ2) is 5.96. The lowest BCUT2D eigenvalue weighted by Gasteiger charge is -2.24. The molecule has 0 radical (unpaired) electrons. The number of nitrogens with zero attached hydrogens (tertiary/aromatic N) is 3. The van der Waals surface area contributed by atoms with Gasteiger partial charge in [0.15, 0.2) is 0 Å². The number of hydrogen-bond acceptors (Lipinski definition) is 3. The van der Waals surface area contributed by atoms with Gasteiger partial charge in [0.05, 0.1) is 23.7 Å². The molecule has 22 heavy (non-hydrogen) atoms. The summed E-state index contributed by atoms with van der Waals surface area (Å²) in [6.45, 7) is 0.851. The van der Waals surface area contributed by atoms with Crippen molar-refractivity contribution in [2.45, 2.75) is 25.7 Å². The Hall–Kier alpha value is -2.09. The number of imidazole rings is 1. The number of alkyl halides is 3. The molecule has 1 aromatic carbocycles. The first-order chi connectivity index (χ1) is 10.3. The minimum absolute atomic E-state index is 0.181. The number of amides is 1. The zero-order valence-corrected chi connectivity index (χ0v) is 12.1. The number of aromatic nitrogens is 2. The summed E-state index contributed by atoms with van der Waals surface area (Å²) >= 11 is 0. The molecule has 0 aliphatic carbocycles. The molecule has 8 heteroatoms. The number of likely N-dealkylation sites (N-methyl/N-ethyl adjacent to an activating group) is 1. The van der Waals surface area contributed by atoms with Gasteiger partial charge >= 0.3 is 6.18 Å². The molecule has 0 aliphatic heterocycles. The number of halogens is 3. The van der Waals surface area contributed by atoms with Crippen molar-refractivity contribution in [3.63, 3.8) is 0 Å². The Labute approximate surface area is 125 Å². The Morgan fingerprint density at radius 2 is 2.05 bits per heavy atom. The largest absolute Gasteiger partial charge is 0.449 e. The maximum absolute atomic E-state index is 13.1. The van der Waals surface area contributed by atoms with Crippen LogP contribution in [0.5, 0.6) is 0 Å². The average Bonchev–Trinajstić information content (AvgIpc) is 2.84. The monoisotopic (exact) mass is 315 g/mol. The van der Waals surface area contributed by atoms with Gasteiger partial charge < -0.3 is 14.6 Å². The quantitative estimate of drug-likeness (QED) is 0.937. The molecule has 1 amide bonds. The standard InChI is InChI=1S/C14H16F3N3O2/c1-9(8-21)19(2)12(22)7-20-11-6-4-3-5-10(11)18-13(20)14(15,16)17/h3-6,9,21H,7-8H2,1-2H3. The molecule has 5 nitrogen and oxygen atoms in total. The summed E-state index contributed by atoms with van der Waals surface area (Å²) in [5, 5.41) is 9.04. The first-order valence-electron chi connectivity index (χ1n) is 6.64. The van der Waals surface area contributed by atoms with Crippen LogP contribution in [0, 0.1) is 0 Å². The van der Waals surface area contributed by atoms with Crippen molar-refractivity contribution in [1.29, 1.82) is 0 Å². The predicted octanol–water partition coefficient (Wildman–Crippen LogP) is 1.89. The minimum Gasteiger partial charge on any atom is -0.394 e. The fourth-order valence-electron chi connectivity index (χ4n) is 2.07. The number of carbonyl (C=O) groups is 1. The molecule has 1 aromatic heterocycles. The van der Waals surface area contributed by atoms with Crippen LogP contribution < -0.4 is 0 Å². The number of hydrogen-bond donors (Lipinski definition) is 1. The van der Waals surface area contributed by atoms with Gasteiger partial charge in [-0.15, -0.1) is 0 Å². The van der Waals surface area contributed by atoms with Crippen LogP contribution in [-0.2, 0) is 17.5 Å². The van der Waals surface area contributed by atoms with Crippen molar-refractivity contribution < 1.29 is 23.1 Å². The Balaban J connectivity index is 2.43. The number of aliphatic hydroxyl groups is 1. The number of fused-ring (bicyclic) bond motifs is 1. The highest BCUT2D eigenvalue weighted by Gasteiger charge is 2.38. The SMILES string of the molecule is CC(CO)N(C)C(=O)Cn1c(C(F)(F)F)nc2ccccc21. The maximum atomic E-state index is 13.1. The Morgan fingerprint density at radius 3 is 2.64 bits per heavy atom. The van der Waals surface area contributed by atoms with Crippen LogP contribution in [0.15, 0.2) is 24.3 Å². The van der Waals surface area contributed by atoms with Gasteiger partial charge in [-0.2, -0.15) is 13.2 Å². The first-order valence-corrected chi connectivity index (χ1v) is 6.64. The van der Waals surface area contributed by atoms with E-state index < -0.39 is 30.5 Å². The summed E-state index contributed by atoms with van der Waals surface area (Å²) in [5.41, 5.74) is 0.425. The summed E-state index contributed by atoms with van der Waals surface area (Å²) < 4.78 is 40.2. The topological polar surface area (TPSA) is 58.4 Å². The van der Waals surface area contributed by atoms with Gasteiger partial charge in [-0.3, -0.25) is 4.79 Å². The summed E-state index contributed by atoms with van der Waals surface area (Å²) in [6.07, 6.45) is -4.65. The van der Waals surface area contributed by atoms with Crippen molar-refractivity contribution >= 4 is 16.9 Å². The molecule has 0 saturated heterocycles. The van der Waals surface area contributed by atoms with Gasteiger partial charge in [-0.05, 0) is 19.1 Å². The number of rotatable bonds is 4. The fourth-order valence-corrected chi connectivity index (χ4v) is 2.07. The molecule has 2 aromatic rings. The van der Waals surface area contributed by atoms with E-state index in [4.69, 9.17) is 5.11 Å². The third-order valence-corrected chi connectivity index (χ3v) is 3.52. The zero-order valence-electron chi connectivity index (χ0n) is 12.1. The van der Waals surface area contributed by atoms with E-state index in [1.54, 1.807) is 19.1 Å². The van der Waals surface area contributed by atoms with Crippen LogP contribution in [-0.4, -0.2) is 45.2 Å². The van der Waals surface area contributed by atoms with E-state index in [0.717, 1.165) is 4.57 Å². The minimum atomic E-state index is -4.65. The van der Waals surface area contributed by atoms with Crippen molar-refractivity contribution in [2.75, 3.05) is 13.7 Å². The molecule has 1 unspecified atom stereocenters. The van der Waals surface area contributed by atoms with Gasteiger partial charge in [-0.1, -0.05) is 12.1 Å². The van der Waals surface area contributed by atoms with E-state index in [9.17, 15) is 18.0 Å². The highest BCUT2D eigenvalue weighted by molar-refractivity contribution is 5.81. The smallest absolute Gasteiger partial charge is 0.394 e. The van der Waals surface area contributed by atoms with Crippen molar-refractivity contribution in [1.82, 2.24) is 14.5 Å². The molecule has 2 rings (SSSR count). The lowest BCUT2D eigenvalue weighted by Crippen LogP contribution is -2.39.